The van der Waals surface area contributed by atoms with Crippen molar-refractivity contribution >= 4 is 17.5 Å². The van der Waals surface area contributed by atoms with Crippen molar-refractivity contribution in [2.24, 2.45) is 0 Å². The lowest BCUT2D eigenvalue weighted by Gasteiger charge is -2.48. The Bertz CT molecular complexity index is 741. The van der Waals surface area contributed by atoms with E-state index in [4.69, 9.17) is 9.47 Å². The van der Waals surface area contributed by atoms with E-state index < -0.39 is 6.10 Å². The number of ether oxygens (including phenoxy) is 2. The Morgan fingerprint density at radius 2 is 1.90 bits per heavy atom. The third-order valence-electron chi connectivity index (χ3n) is 6.46. The predicted molar refractivity (Wildman–Crippen MR) is 110 cm³/mol. The van der Waals surface area contributed by atoms with Gasteiger partial charge in [0.05, 0.1) is 18.9 Å². The number of carbonyl (C=O) groups excluding carboxylic acids is 2. The number of rotatable bonds is 5. The van der Waals surface area contributed by atoms with E-state index in [-0.39, 0.29) is 23.9 Å². The molecule has 29 heavy (non-hydrogen) atoms. The lowest BCUT2D eigenvalue weighted by atomic mass is 9.79. The van der Waals surface area contributed by atoms with Gasteiger partial charge in [-0.1, -0.05) is 31.4 Å². The number of amides is 2. The van der Waals surface area contributed by atoms with Crippen LogP contribution in [0.15, 0.2) is 24.3 Å². The van der Waals surface area contributed by atoms with Crippen LogP contribution in [0.1, 0.15) is 39.0 Å². The Morgan fingerprint density at radius 1 is 1.17 bits per heavy atom. The van der Waals surface area contributed by atoms with Gasteiger partial charge in [-0.15, -0.1) is 0 Å². The second-order valence-electron chi connectivity index (χ2n) is 8.31. The zero-order valence-electron chi connectivity index (χ0n) is 17.2. The Hall–Kier alpha value is -2.12. The number of anilines is 1. The van der Waals surface area contributed by atoms with Gasteiger partial charge in [0.25, 0.3) is 5.91 Å². The zero-order valence-corrected chi connectivity index (χ0v) is 17.2. The monoisotopic (exact) mass is 401 g/mol. The SMILES string of the molecule is CC1Oc2ccccc2N(CC(=O)NCC2(N3CCOCC3)CCCCC2)C1=O. The second-order valence-corrected chi connectivity index (χ2v) is 8.31. The van der Waals surface area contributed by atoms with Crippen LogP contribution in [0.2, 0.25) is 0 Å². The van der Waals surface area contributed by atoms with Gasteiger partial charge in [0.15, 0.2) is 6.10 Å². The highest BCUT2D eigenvalue weighted by atomic mass is 16.5. The first-order valence-corrected chi connectivity index (χ1v) is 10.8. The lowest BCUT2D eigenvalue weighted by Crippen LogP contribution is -2.60. The molecule has 0 radical (unpaired) electrons. The molecular formula is C22H31N3O4. The average molecular weight is 402 g/mol. The van der Waals surface area contributed by atoms with Gasteiger partial charge < -0.3 is 14.8 Å². The van der Waals surface area contributed by atoms with Crippen LogP contribution in [0.25, 0.3) is 0 Å². The molecule has 0 spiro atoms. The van der Waals surface area contributed by atoms with Gasteiger partial charge in [0.1, 0.15) is 12.3 Å². The van der Waals surface area contributed by atoms with Gasteiger partial charge >= 0.3 is 0 Å². The summed E-state index contributed by atoms with van der Waals surface area (Å²) >= 11 is 0. The molecule has 7 nitrogen and oxygen atoms in total. The van der Waals surface area contributed by atoms with Gasteiger partial charge in [-0.3, -0.25) is 19.4 Å². The number of carbonyl (C=O) groups is 2. The molecule has 1 aromatic rings. The molecule has 4 rings (SSSR count). The van der Waals surface area contributed by atoms with E-state index in [9.17, 15) is 9.59 Å². The molecule has 2 amide bonds. The first-order chi connectivity index (χ1) is 14.1. The molecule has 1 atom stereocenters. The summed E-state index contributed by atoms with van der Waals surface area (Å²) in [4.78, 5) is 29.5. The molecule has 0 bridgehead atoms. The van der Waals surface area contributed by atoms with E-state index in [1.54, 1.807) is 11.8 Å². The van der Waals surface area contributed by atoms with Crippen molar-refractivity contribution in [1.29, 1.82) is 0 Å². The Balaban J connectivity index is 1.43. The molecule has 1 aliphatic carbocycles. The predicted octanol–water partition coefficient (Wildman–Crippen LogP) is 1.95. The molecule has 1 unspecified atom stereocenters. The Morgan fingerprint density at radius 3 is 2.66 bits per heavy atom. The van der Waals surface area contributed by atoms with E-state index in [0.717, 1.165) is 39.1 Å². The molecule has 2 aliphatic heterocycles. The number of benzene rings is 1. The smallest absolute Gasteiger partial charge is 0.268 e. The molecule has 1 aromatic carbocycles. The maximum Gasteiger partial charge on any atom is 0.268 e. The molecule has 3 aliphatic rings. The fraction of sp³-hybridized carbons (Fsp3) is 0.636. The standard InChI is InChI=1S/C22H31N3O4/c1-17-21(27)25(18-7-3-4-8-19(18)29-17)15-20(26)23-16-22(9-5-2-6-10-22)24-11-13-28-14-12-24/h3-4,7-8,17H,2,5-6,9-16H2,1H3,(H,23,26). The van der Waals surface area contributed by atoms with E-state index in [1.165, 1.54) is 19.3 Å². The van der Waals surface area contributed by atoms with Gasteiger partial charge in [-0.25, -0.2) is 0 Å². The highest BCUT2D eigenvalue weighted by Gasteiger charge is 2.39. The minimum atomic E-state index is -0.587. The largest absolute Gasteiger partial charge is 0.479 e. The lowest BCUT2D eigenvalue weighted by molar-refractivity contribution is -0.128. The Kier molecular flexibility index (Phi) is 6.06. The molecular weight excluding hydrogens is 370 g/mol. The van der Waals surface area contributed by atoms with Crippen LogP contribution in [0.4, 0.5) is 5.69 Å². The molecule has 1 saturated carbocycles. The molecule has 158 valence electrons. The fourth-order valence-electron chi connectivity index (χ4n) is 4.84. The van der Waals surface area contributed by atoms with Gasteiger partial charge in [-0.2, -0.15) is 0 Å². The summed E-state index contributed by atoms with van der Waals surface area (Å²) in [5, 5.41) is 3.15. The number of nitrogens with one attached hydrogen (secondary N) is 1. The number of morpholine rings is 1. The maximum absolute atomic E-state index is 12.9. The van der Waals surface area contributed by atoms with Crippen molar-refractivity contribution in [3.05, 3.63) is 24.3 Å². The number of para-hydroxylation sites is 2. The zero-order chi connectivity index (χ0) is 20.3. The normalized spacial score (nSPS) is 24.5. The van der Waals surface area contributed by atoms with Crippen molar-refractivity contribution in [2.75, 3.05) is 44.3 Å². The van der Waals surface area contributed by atoms with Crippen LogP contribution >= 0.6 is 0 Å². The van der Waals surface area contributed by atoms with Crippen molar-refractivity contribution < 1.29 is 19.1 Å². The number of nitrogens with zero attached hydrogens (tertiary/aromatic N) is 2. The van der Waals surface area contributed by atoms with E-state index in [2.05, 4.69) is 10.2 Å². The fourth-order valence-corrected chi connectivity index (χ4v) is 4.84. The third-order valence-corrected chi connectivity index (χ3v) is 6.46. The molecule has 2 fully saturated rings. The molecule has 1 N–H and O–H groups in total. The average Bonchev–Trinajstić information content (AvgIpc) is 2.77. The summed E-state index contributed by atoms with van der Waals surface area (Å²) in [7, 11) is 0. The van der Waals surface area contributed by atoms with Crippen molar-refractivity contribution in [1.82, 2.24) is 10.2 Å². The Labute approximate surface area is 172 Å². The first-order valence-electron chi connectivity index (χ1n) is 10.8. The van der Waals surface area contributed by atoms with Crippen LogP contribution in [0.3, 0.4) is 0 Å². The summed E-state index contributed by atoms with van der Waals surface area (Å²) in [6.45, 7) is 5.72. The van der Waals surface area contributed by atoms with E-state index in [0.29, 0.717) is 18.0 Å². The quantitative estimate of drug-likeness (QED) is 0.817. The molecule has 0 aromatic heterocycles. The van der Waals surface area contributed by atoms with Crippen molar-refractivity contribution in [3.8, 4) is 5.75 Å². The summed E-state index contributed by atoms with van der Waals surface area (Å²) in [6, 6.07) is 7.38. The summed E-state index contributed by atoms with van der Waals surface area (Å²) in [6.07, 6.45) is 5.26. The van der Waals surface area contributed by atoms with Crippen molar-refractivity contribution in [2.45, 2.75) is 50.7 Å². The second kappa shape index (κ2) is 8.71. The van der Waals surface area contributed by atoms with Crippen molar-refractivity contribution in [3.63, 3.8) is 0 Å². The topological polar surface area (TPSA) is 71.1 Å². The third kappa shape index (κ3) is 4.26. The highest BCUT2D eigenvalue weighted by Crippen LogP contribution is 2.35. The van der Waals surface area contributed by atoms with E-state index in [1.807, 2.05) is 24.3 Å². The summed E-state index contributed by atoms with van der Waals surface area (Å²) < 4.78 is 11.2. The van der Waals surface area contributed by atoms with Crippen LogP contribution in [0.5, 0.6) is 5.75 Å². The molecule has 1 saturated heterocycles. The molecule has 2 heterocycles. The number of hydrogen-bond donors (Lipinski definition) is 1. The van der Waals surface area contributed by atoms with Gasteiger partial charge in [-0.05, 0) is 31.9 Å². The number of fused-ring (bicyclic) bond motifs is 1. The minimum absolute atomic E-state index is 0.0118. The first kappa shape index (κ1) is 20.2. The number of hydrogen-bond acceptors (Lipinski definition) is 5. The van der Waals surface area contributed by atoms with Crippen LogP contribution in [-0.4, -0.2) is 67.7 Å². The van der Waals surface area contributed by atoms with Gasteiger partial charge in [0.2, 0.25) is 5.91 Å². The van der Waals surface area contributed by atoms with E-state index >= 15 is 0 Å². The summed E-state index contributed by atoms with van der Waals surface area (Å²) in [5.41, 5.74) is 0.670. The van der Waals surface area contributed by atoms with Crippen LogP contribution < -0.4 is 15.0 Å². The van der Waals surface area contributed by atoms with Crippen LogP contribution in [0, 0.1) is 0 Å². The summed E-state index contributed by atoms with van der Waals surface area (Å²) in [5.74, 6) is 0.337. The minimum Gasteiger partial charge on any atom is -0.479 e. The maximum atomic E-state index is 12.9. The highest BCUT2D eigenvalue weighted by molar-refractivity contribution is 6.03. The van der Waals surface area contributed by atoms with Crippen LogP contribution in [-0.2, 0) is 14.3 Å². The van der Waals surface area contributed by atoms with Gasteiger partial charge in [0, 0.05) is 25.2 Å². The molecule has 7 heteroatoms.